The van der Waals surface area contributed by atoms with Gasteiger partial charge in [-0.1, -0.05) is 23.7 Å². The van der Waals surface area contributed by atoms with Crippen molar-refractivity contribution in [3.63, 3.8) is 0 Å². The van der Waals surface area contributed by atoms with Crippen LogP contribution in [-0.4, -0.2) is 20.4 Å². The third-order valence-corrected chi connectivity index (χ3v) is 4.24. The molecule has 1 atom stereocenters. The summed E-state index contributed by atoms with van der Waals surface area (Å²) >= 11 is 10.8. The van der Waals surface area contributed by atoms with Gasteiger partial charge < -0.3 is 10.5 Å². The lowest BCUT2D eigenvalue weighted by molar-refractivity contribution is 0.419. The van der Waals surface area contributed by atoms with Crippen molar-refractivity contribution in [2.45, 2.75) is 12.5 Å². The fraction of sp³-hybridized carbons (Fsp3) is 0.214. The van der Waals surface area contributed by atoms with E-state index in [1.54, 1.807) is 19.2 Å². The highest BCUT2D eigenvalue weighted by atomic mass is 35.5. The monoisotopic (exact) mass is 336 g/mol. The van der Waals surface area contributed by atoms with Crippen molar-refractivity contribution in [2.75, 3.05) is 0 Å². The van der Waals surface area contributed by atoms with Gasteiger partial charge in [-0.25, -0.2) is 0 Å². The fourth-order valence-electron chi connectivity index (χ4n) is 2.35. The summed E-state index contributed by atoms with van der Waals surface area (Å²) in [6.07, 6.45) is 0.481. The molecule has 1 unspecified atom stereocenters. The minimum Gasteiger partial charge on any atom is -0.494 e. The molecule has 0 bridgehead atoms. The number of rotatable bonds is 2. The molecular formula is C14H13ClN4O2S. The van der Waals surface area contributed by atoms with E-state index in [1.807, 2.05) is 12.1 Å². The van der Waals surface area contributed by atoms with E-state index in [1.165, 1.54) is 4.57 Å². The molecule has 114 valence electrons. The quantitative estimate of drug-likeness (QED) is 0.734. The van der Waals surface area contributed by atoms with Crippen molar-refractivity contribution in [1.29, 1.82) is 0 Å². The number of hydrogen-bond donors (Lipinski definition) is 3. The van der Waals surface area contributed by atoms with Crippen LogP contribution in [0.5, 0.6) is 5.88 Å². The largest absolute Gasteiger partial charge is 0.494 e. The Balaban J connectivity index is 1.93. The molecule has 0 aliphatic carbocycles. The zero-order chi connectivity index (χ0) is 15.9. The third kappa shape index (κ3) is 2.53. The lowest BCUT2D eigenvalue weighted by atomic mass is 10.0. The zero-order valence-corrected chi connectivity index (χ0v) is 13.2. The Morgan fingerprint density at radius 1 is 1.41 bits per heavy atom. The Hall–Kier alpha value is -2.12. The maximum atomic E-state index is 12.1. The van der Waals surface area contributed by atoms with E-state index < -0.39 is 5.56 Å². The number of nitrogens with one attached hydrogen (secondary N) is 2. The first-order valence-electron chi connectivity index (χ1n) is 6.57. The van der Waals surface area contributed by atoms with Gasteiger partial charge in [0.25, 0.3) is 5.56 Å². The highest BCUT2D eigenvalue weighted by Crippen LogP contribution is 2.26. The second kappa shape index (κ2) is 5.58. The van der Waals surface area contributed by atoms with E-state index in [0.29, 0.717) is 17.2 Å². The summed E-state index contributed by atoms with van der Waals surface area (Å²) in [7, 11) is 1.58. The van der Waals surface area contributed by atoms with Gasteiger partial charge in [0.1, 0.15) is 5.56 Å². The topological polar surface area (TPSA) is 82.4 Å². The minimum atomic E-state index is -0.446. The number of nitrogens with zero attached hydrogens (tertiary/aromatic N) is 2. The average molecular weight is 337 g/mol. The summed E-state index contributed by atoms with van der Waals surface area (Å²) in [5, 5.41) is 15.0. The number of halogens is 1. The number of aromatic nitrogens is 2. The smallest absolute Gasteiger partial charge is 0.264 e. The SMILES string of the molecule is Cn1c(O)c(C2=NNC(c3ccc(Cl)cc3)C2)c(=O)[nH]c1=S. The van der Waals surface area contributed by atoms with Crippen LogP contribution < -0.4 is 11.0 Å². The van der Waals surface area contributed by atoms with Gasteiger partial charge in [0.15, 0.2) is 4.77 Å². The van der Waals surface area contributed by atoms with Gasteiger partial charge >= 0.3 is 0 Å². The molecule has 2 heterocycles. The number of H-pyrrole nitrogens is 1. The van der Waals surface area contributed by atoms with Crippen molar-refractivity contribution < 1.29 is 5.11 Å². The lowest BCUT2D eigenvalue weighted by Gasteiger charge is -2.10. The van der Waals surface area contributed by atoms with Crippen LogP contribution in [-0.2, 0) is 7.05 Å². The summed E-state index contributed by atoms with van der Waals surface area (Å²) in [5.41, 5.74) is 4.16. The molecule has 0 spiro atoms. The number of aromatic hydroxyl groups is 1. The van der Waals surface area contributed by atoms with E-state index in [-0.39, 0.29) is 22.3 Å². The fourth-order valence-corrected chi connectivity index (χ4v) is 2.66. The van der Waals surface area contributed by atoms with Gasteiger partial charge in [0, 0.05) is 18.5 Å². The van der Waals surface area contributed by atoms with Crippen LogP contribution >= 0.6 is 23.8 Å². The Morgan fingerprint density at radius 2 is 2.09 bits per heavy atom. The number of aromatic amines is 1. The van der Waals surface area contributed by atoms with Gasteiger partial charge in [-0.15, -0.1) is 0 Å². The van der Waals surface area contributed by atoms with Crippen LogP contribution in [0.15, 0.2) is 34.2 Å². The standard InChI is InChI=1S/C14H13ClN4O2S/c1-19-13(21)11(12(20)16-14(19)22)10-6-9(17-18-10)7-2-4-8(15)5-3-7/h2-5,9,17,21H,6H2,1H3,(H,16,20,22). The molecule has 3 N–H and O–H groups in total. The molecule has 2 aromatic rings. The van der Waals surface area contributed by atoms with Gasteiger partial charge in [-0.3, -0.25) is 14.3 Å². The van der Waals surface area contributed by atoms with E-state index in [9.17, 15) is 9.90 Å². The molecule has 3 rings (SSSR count). The Kier molecular flexibility index (Phi) is 3.76. The molecule has 1 aliphatic rings. The van der Waals surface area contributed by atoms with Crippen molar-refractivity contribution >= 4 is 29.5 Å². The van der Waals surface area contributed by atoms with E-state index in [2.05, 4.69) is 15.5 Å². The van der Waals surface area contributed by atoms with Crippen molar-refractivity contribution in [1.82, 2.24) is 15.0 Å². The van der Waals surface area contributed by atoms with Crippen LogP contribution in [0.4, 0.5) is 0 Å². The second-order valence-corrected chi connectivity index (χ2v) is 5.84. The van der Waals surface area contributed by atoms with Gasteiger partial charge in [-0.2, -0.15) is 5.10 Å². The van der Waals surface area contributed by atoms with Crippen molar-refractivity contribution in [3.8, 4) is 5.88 Å². The molecule has 0 amide bonds. The van der Waals surface area contributed by atoms with Gasteiger partial charge in [0.2, 0.25) is 5.88 Å². The maximum Gasteiger partial charge on any atom is 0.264 e. The predicted molar refractivity (Wildman–Crippen MR) is 87.0 cm³/mol. The molecule has 0 fully saturated rings. The van der Waals surface area contributed by atoms with E-state index in [4.69, 9.17) is 23.8 Å². The highest BCUT2D eigenvalue weighted by molar-refractivity contribution is 7.71. The van der Waals surface area contributed by atoms with E-state index in [0.717, 1.165) is 5.56 Å². The molecule has 6 nitrogen and oxygen atoms in total. The summed E-state index contributed by atoms with van der Waals surface area (Å²) in [5.74, 6) is -0.189. The minimum absolute atomic E-state index is 0.0699. The molecule has 0 saturated carbocycles. The first-order valence-corrected chi connectivity index (χ1v) is 7.36. The van der Waals surface area contributed by atoms with Crippen LogP contribution in [0.3, 0.4) is 0 Å². The Labute approximate surface area is 136 Å². The maximum absolute atomic E-state index is 12.1. The van der Waals surface area contributed by atoms with Crippen LogP contribution in [0.2, 0.25) is 5.02 Å². The lowest BCUT2D eigenvalue weighted by Crippen LogP contribution is -2.21. The van der Waals surface area contributed by atoms with Crippen LogP contribution in [0.25, 0.3) is 0 Å². The molecule has 1 aromatic heterocycles. The molecular weight excluding hydrogens is 324 g/mol. The number of hydrogen-bond acceptors (Lipinski definition) is 5. The summed E-state index contributed by atoms with van der Waals surface area (Å²) in [6.45, 7) is 0. The molecule has 1 aromatic carbocycles. The Bertz CT molecular complexity index is 870. The van der Waals surface area contributed by atoms with Crippen LogP contribution in [0.1, 0.15) is 23.6 Å². The van der Waals surface area contributed by atoms with Gasteiger partial charge in [-0.05, 0) is 29.9 Å². The molecule has 1 aliphatic heterocycles. The number of hydrazone groups is 1. The Morgan fingerprint density at radius 3 is 2.77 bits per heavy atom. The molecule has 0 saturated heterocycles. The average Bonchev–Trinajstić information content (AvgIpc) is 2.95. The van der Waals surface area contributed by atoms with Gasteiger partial charge in [0.05, 0.1) is 11.8 Å². The zero-order valence-electron chi connectivity index (χ0n) is 11.6. The number of benzene rings is 1. The summed E-state index contributed by atoms with van der Waals surface area (Å²) < 4.78 is 1.50. The predicted octanol–water partition coefficient (Wildman–Crippen LogP) is 2.24. The highest BCUT2D eigenvalue weighted by Gasteiger charge is 2.26. The van der Waals surface area contributed by atoms with Crippen molar-refractivity contribution in [2.24, 2.45) is 12.1 Å². The van der Waals surface area contributed by atoms with Crippen LogP contribution in [0, 0.1) is 4.77 Å². The molecule has 8 heteroatoms. The van der Waals surface area contributed by atoms with E-state index >= 15 is 0 Å². The van der Waals surface area contributed by atoms with Crippen molar-refractivity contribution in [3.05, 3.63) is 55.5 Å². The summed E-state index contributed by atoms with van der Waals surface area (Å²) in [6, 6.07) is 7.32. The normalized spacial score (nSPS) is 17.2. The first kappa shape index (κ1) is 14.8. The summed E-state index contributed by atoms with van der Waals surface area (Å²) in [4.78, 5) is 14.6. The first-order chi connectivity index (χ1) is 10.5. The second-order valence-electron chi connectivity index (χ2n) is 5.01. The third-order valence-electron chi connectivity index (χ3n) is 3.61. The molecule has 22 heavy (non-hydrogen) atoms. The molecule has 0 radical (unpaired) electrons.